The van der Waals surface area contributed by atoms with Gasteiger partial charge in [0.15, 0.2) is 0 Å². The molecule has 1 aromatic heterocycles. The molecule has 0 radical (unpaired) electrons. The molecule has 1 saturated carbocycles. The van der Waals surface area contributed by atoms with E-state index in [-0.39, 0.29) is 0 Å². The highest BCUT2D eigenvalue weighted by Crippen LogP contribution is 2.39. The molecule has 1 aromatic carbocycles. The van der Waals surface area contributed by atoms with Crippen LogP contribution in [0, 0.1) is 6.92 Å². The van der Waals surface area contributed by atoms with Gasteiger partial charge in [0, 0.05) is 29.2 Å². The molecule has 2 aromatic rings. The molecule has 1 aliphatic carbocycles. The molecular weight excluding hydrogens is 316 g/mol. The van der Waals surface area contributed by atoms with Gasteiger partial charge < -0.3 is 10.6 Å². The highest BCUT2D eigenvalue weighted by Gasteiger charge is 2.27. The molecule has 1 aliphatic rings. The third-order valence-electron chi connectivity index (χ3n) is 3.40. The molecule has 2 N–H and O–H groups in total. The minimum Gasteiger partial charge on any atom is -0.373 e. The maximum atomic E-state index is 4.63. The van der Waals surface area contributed by atoms with E-state index in [4.69, 9.17) is 0 Å². The number of aromatic nitrogens is 2. The van der Waals surface area contributed by atoms with Crippen molar-refractivity contribution in [3.05, 3.63) is 40.1 Å². The van der Waals surface area contributed by atoms with E-state index in [9.17, 15) is 0 Å². The van der Waals surface area contributed by atoms with Gasteiger partial charge in [0.1, 0.15) is 17.5 Å². The lowest BCUT2D eigenvalue weighted by Gasteiger charge is -2.12. The van der Waals surface area contributed by atoms with E-state index in [1.807, 2.05) is 19.2 Å². The Balaban J connectivity index is 1.93. The molecule has 0 bridgehead atoms. The minimum atomic E-state index is 0.535. The van der Waals surface area contributed by atoms with Gasteiger partial charge in [-0.2, -0.15) is 0 Å². The predicted octanol–water partition coefficient (Wildman–Crippen LogP) is 4.21. The fraction of sp³-hybridized carbons (Fsp3) is 0.333. The van der Waals surface area contributed by atoms with Crippen molar-refractivity contribution in [1.29, 1.82) is 0 Å². The molecule has 1 heterocycles. The molecule has 20 heavy (non-hydrogen) atoms. The predicted molar refractivity (Wildman–Crippen MR) is 85.7 cm³/mol. The van der Waals surface area contributed by atoms with Crippen LogP contribution in [0.3, 0.4) is 0 Å². The van der Waals surface area contributed by atoms with E-state index in [1.54, 1.807) is 0 Å². The molecule has 3 rings (SSSR count). The van der Waals surface area contributed by atoms with Crippen LogP contribution in [0.25, 0.3) is 0 Å². The van der Waals surface area contributed by atoms with Crippen molar-refractivity contribution in [2.24, 2.45) is 0 Å². The zero-order chi connectivity index (χ0) is 14.1. The van der Waals surface area contributed by atoms with Crippen LogP contribution in [-0.2, 0) is 0 Å². The Labute approximate surface area is 127 Å². The maximum Gasteiger partial charge on any atom is 0.136 e. The van der Waals surface area contributed by atoms with Crippen LogP contribution in [0.15, 0.2) is 28.7 Å². The standard InChI is InChI=1S/C15H17BrN4/c1-9-3-6-11(16)7-12(9)18-14-8-13(17-2)19-15(20-14)10-4-5-10/h3,6-8,10H,4-5H2,1-2H3,(H2,17,18,19,20). The zero-order valence-electron chi connectivity index (χ0n) is 11.6. The summed E-state index contributed by atoms with van der Waals surface area (Å²) in [5.41, 5.74) is 2.24. The monoisotopic (exact) mass is 332 g/mol. The van der Waals surface area contributed by atoms with Crippen LogP contribution in [-0.4, -0.2) is 17.0 Å². The summed E-state index contributed by atoms with van der Waals surface area (Å²) in [4.78, 5) is 9.16. The lowest BCUT2D eigenvalue weighted by atomic mass is 10.2. The van der Waals surface area contributed by atoms with Crippen molar-refractivity contribution >= 4 is 33.3 Å². The Kier molecular flexibility index (Phi) is 3.61. The van der Waals surface area contributed by atoms with Gasteiger partial charge in [0.2, 0.25) is 0 Å². The smallest absolute Gasteiger partial charge is 0.136 e. The summed E-state index contributed by atoms with van der Waals surface area (Å²) in [5, 5.41) is 6.49. The summed E-state index contributed by atoms with van der Waals surface area (Å²) < 4.78 is 1.05. The number of nitrogens with zero attached hydrogens (tertiary/aromatic N) is 2. The van der Waals surface area contributed by atoms with Crippen LogP contribution >= 0.6 is 15.9 Å². The summed E-state index contributed by atoms with van der Waals surface area (Å²) in [7, 11) is 1.88. The largest absolute Gasteiger partial charge is 0.373 e. The zero-order valence-corrected chi connectivity index (χ0v) is 13.2. The number of nitrogens with one attached hydrogen (secondary N) is 2. The van der Waals surface area contributed by atoms with E-state index in [0.29, 0.717) is 5.92 Å². The Morgan fingerprint density at radius 2 is 1.90 bits per heavy atom. The van der Waals surface area contributed by atoms with Crippen molar-refractivity contribution < 1.29 is 0 Å². The lowest BCUT2D eigenvalue weighted by molar-refractivity contribution is 0.932. The quantitative estimate of drug-likeness (QED) is 0.880. The van der Waals surface area contributed by atoms with Gasteiger partial charge in [0.25, 0.3) is 0 Å². The van der Waals surface area contributed by atoms with E-state index in [0.717, 1.165) is 27.6 Å². The highest BCUT2D eigenvalue weighted by molar-refractivity contribution is 9.10. The van der Waals surface area contributed by atoms with Gasteiger partial charge in [-0.25, -0.2) is 9.97 Å². The molecule has 0 amide bonds. The number of hydrogen-bond acceptors (Lipinski definition) is 4. The molecule has 0 saturated heterocycles. The third kappa shape index (κ3) is 2.93. The minimum absolute atomic E-state index is 0.535. The van der Waals surface area contributed by atoms with E-state index < -0.39 is 0 Å². The first-order chi connectivity index (χ1) is 9.65. The van der Waals surface area contributed by atoms with Crippen molar-refractivity contribution in [2.75, 3.05) is 17.7 Å². The fourth-order valence-electron chi connectivity index (χ4n) is 2.05. The molecule has 0 unspecified atom stereocenters. The summed E-state index contributed by atoms with van der Waals surface area (Å²) >= 11 is 3.50. The van der Waals surface area contributed by atoms with Gasteiger partial charge in [-0.05, 0) is 37.5 Å². The topological polar surface area (TPSA) is 49.8 Å². The highest BCUT2D eigenvalue weighted by atomic mass is 79.9. The first-order valence-electron chi connectivity index (χ1n) is 6.75. The Morgan fingerprint density at radius 1 is 1.15 bits per heavy atom. The van der Waals surface area contributed by atoms with Crippen molar-refractivity contribution in [1.82, 2.24) is 9.97 Å². The fourth-order valence-corrected chi connectivity index (χ4v) is 2.41. The van der Waals surface area contributed by atoms with Crippen molar-refractivity contribution in [3.63, 3.8) is 0 Å². The van der Waals surface area contributed by atoms with E-state index in [2.05, 4.69) is 55.6 Å². The molecular formula is C15H17BrN4. The van der Waals surface area contributed by atoms with Gasteiger partial charge in [-0.3, -0.25) is 0 Å². The van der Waals surface area contributed by atoms with Gasteiger partial charge in [-0.15, -0.1) is 0 Å². The Bertz CT molecular complexity index is 638. The maximum absolute atomic E-state index is 4.63. The number of aryl methyl sites for hydroxylation is 1. The van der Waals surface area contributed by atoms with Crippen LogP contribution in [0.4, 0.5) is 17.3 Å². The van der Waals surface area contributed by atoms with Crippen LogP contribution in [0.5, 0.6) is 0 Å². The van der Waals surface area contributed by atoms with Crippen LogP contribution < -0.4 is 10.6 Å². The molecule has 4 nitrogen and oxygen atoms in total. The van der Waals surface area contributed by atoms with Crippen molar-refractivity contribution in [2.45, 2.75) is 25.7 Å². The van der Waals surface area contributed by atoms with Gasteiger partial charge >= 0.3 is 0 Å². The second-order valence-electron chi connectivity index (χ2n) is 5.11. The normalized spacial score (nSPS) is 14.2. The average Bonchev–Trinajstić information content (AvgIpc) is 3.27. The first-order valence-corrected chi connectivity index (χ1v) is 7.55. The number of hydrogen-bond donors (Lipinski definition) is 2. The first kappa shape index (κ1) is 13.4. The van der Waals surface area contributed by atoms with E-state index >= 15 is 0 Å². The number of halogens is 1. The molecule has 0 spiro atoms. The van der Waals surface area contributed by atoms with Crippen LogP contribution in [0.2, 0.25) is 0 Å². The summed E-state index contributed by atoms with van der Waals surface area (Å²) in [6.45, 7) is 2.08. The van der Waals surface area contributed by atoms with Gasteiger partial charge in [0.05, 0.1) is 0 Å². The SMILES string of the molecule is CNc1cc(Nc2cc(Br)ccc2C)nc(C2CC2)n1. The number of rotatable bonds is 4. The molecule has 1 fully saturated rings. The number of benzene rings is 1. The summed E-state index contributed by atoms with van der Waals surface area (Å²) in [6, 6.07) is 8.11. The summed E-state index contributed by atoms with van der Waals surface area (Å²) in [5.74, 6) is 3.17. The molecule has 0 aliphatic heterocycles. The van der Waals surface area contributed by atoms with Crippen molar-refractivity contribution in [3.8, 4) is 0 Å². The average molecular weight is 333 g/mol. The Hall–Kier alpha value is -1.62. The summed E-state index contributed by atoms with van der Waals surface area (Å²) in [6.07, 6.45) is 2.39. The molecule has 0 atom stereocenters. The molecule has 5 heteroatoms. The third-order valence-corrected chi connectivity index (χ3v) is 3.90. The van der Waals surface area contributed by atoms with Gasteiger partial charge in [-0.1, -0.05) is 22.0 Å². The number of anilines is 3. The van der Waals surface area contributed by atoms with E-state index in [1.165, 1.54) is 18.4 Å². The second-order valence-corrected chi connectivity index (χ2v) is 6.02. The second kappa shape index (κ2) is 5.40. The van der Waals surface area contributed by atoms with Crippen LogP contribution in [0.1, 0.15) is 30.1 Å². The lowest BCUT2D eigenvalue weighted by Crippen LogP contribution is -2.03. The Morgan fingerprint density at radius 3 is 2.60 bits per heavy atom. The molecule has 104 valence electrons.